The van der Waals surface area contributed by atoms with Crippen molar-refractivity contribution in [3.63, 3.8) is 0 Å². The van der Waals surface area contributed by atoms with E-state index >= 15 is 0 Å². The monoisotopic (exact) mass is 470 g/mol. The highest BCUT2D eigenvalue weighted by atomic mass is 16.5. The van der Waals surface area contributed by atoms with Crippen LogP contribution in [0.25, 0.3) is 11.1 Å². The zero-order valence-corrected chi connectivity index (χ0v) is 19.0. The summed E-state index contributed by atoms with van der Waals surface area (Å²) in [6.45, 7) is 0.531. The Morgan fingerprint density at radius 1 is 0.886 bits per heavy atom. The Morgan fingerprint density at radius 3 is 2.11 bits per heavy atom. The van der Waals surface area contributed by atoms with Gasteiger partial charge in [0.2, 0.25) is 5.91 Å². The maximum absolute atomic E-state index is 12.6. The summed E-state index contributed by atoms with van der Waals surface area (Å²) in [7, 11) is 0. The Bertz CT molecular complexity index is 1210. The first-order valence-electron chi connectivity index (χ1n) is 11.7. The molecule has 7 heteroatoms. The molecule has 3 N–H and O–H groups in total. The Labute approximate surface area is 203 Å². The number of hydrogen-bond donors (Lipinski definition) is 3. The van der Waals surface area contributed by atoms with Gasteiger partial charge >= 0.3 is 12.1 Å². The van der Waals surface area contributed by atoms with Gasteiger partial charge in [-0.1, -0.05) is 78.9 Å². The van der Waals surface area contributed by atoms with E-state index in [0.29, 0.717) is 18.5 Å². The minimum Gasteiger partial charge on any atom is -0.479 e. The number of hydrogen-bond acceptors (Lipinski definition) is 4. The summed E-state index contributed by atoms with van der Waals surface area (Å²) in [5.74, 6) is -1.81. The number of aliphatic carboxylic acids is 1. The van der Waals surface area contributed by atoms with Gasteiger partial charge in [0.05, 0.1) is 0 Å². The van der Waals surface area contributed by atoms with Crippen LogP contribution in [0.2, 0.25) is 0 Å². The summed E-state index contributed by atoms with van der Waals surface area (Å²) in [4.78, 5) is 36.6. The highest BCUT2D eigenvalue weighted by molar-refractivity contribution is 5.87. The highest BCUT2D eigenvalue weighted by Crippen LogP contribution is 2.44. The van der Waals surface area contributed by atoms with Crippen molar-refractivity contribution in [1.29, 1.82) is 0 Å². The standard InChI is InChI=1S/C28H26N2O5/c31-26(30-25(27(32)33)17-8-2-1-3-9-17)23-14-18(23)15-29-28(34)35-16-24-21-12-6-4-10-19(21)20-11-5-7-13-22(20)24/h1-13,18,23-25H,14-16H2,(H,29,34)(H,30,31)(H,32,33)/t18-,23-,25?/m1/s1. The largest absolute Gasteiger partial charge is 0.479 e. The molecule has 3 aromatic rings. The van der Waals surface area contributed by atoms with Crippen LogP contribution >= 0.6 is 0 Å². The van der Waals surface area contributed by atoms with Gasteiger partial charge in [-0.15, -0.1) is 0 Å². The second-order valence-electron chi connectivity index (χ2n) is 9.00. The summed E-state index contributed by atoms with van der Waals surface area (Å²) in [6, 6.07) is 23.8. The van der Waals surface area contributed by atoms with Crippen molar-refractivity contribution in [2.75, 3.05) is 13.2 Å². The minimum absolute atomic E-state index is 0.0152. The number of nitrogens with one attached hydrogen (secondary N) is 2. The number of carbonyl (C=O) groups excluding carboxylic acids is 2. The van der Waals surface area contributed by atoms with Crippen LogP contribution in [-0.4, -0.2) is 36.2 Å². The molecule has 2 aliphatic rings. The number of amides is 2. The third kappa shape index (κ3) is 4.75. The molecule has 2 amide bonds. The van der Waals surface area contributed by atoms with E-state index in [9.17, 15) is 19.5 Å². The van der Waals surface area contributed by atoms with Crippen LogP contribution in [0.15, 0.2) is 78.9 Å². The maximum atomic E-state index is 12.6. The second kappa shape index (κ2) is 9.62. The highest BCUT2D eigenvalue weighted by Gasteiger charge is 2.44. The summed E-state index contributed by atoms with van der Waals surface area (Å²) < 4.78 is 5.54. The Hall–Kier alpha value is -4.13. The van der Waals surface area contributed by atoms with Crippen LogP contribution in [0.4, 0.5) is 4.79 Å². The van der Waals surface area contributed by atoms with Crippen molar-refractivity contribution in [1.82, 2.24) is 10.6 Å². The zero-order valence-electron chi connectivity index (χ0n) is 19.0. The van der Waals surface area contributed by atoms with Gasteiger partial charge in [0.1, 0.15) is 6.61 Å². The van der Waals surface area contributed by atoms with Gasteiger partial charge in [0.25, 0.3) is 0 Å². The third-order valence-electron chi connectivity index (χ3n) is 6.78. The molecule has 7 nitrogen and oxygen atoms in total. The molecule has 0 aliphatic heterocycles. The molecular formula is C28H26N2O5. The number of fused-ring (bicyclic) bond motifs is 3. The van der Waals surface area contributed by atoms with Gasteiger partial charge in [0, 0.05) is 18.4 Å². The average molecular weight is 471 g/mol. The van der Waals surface area contributed by atoms with E-state index in [1.807, 2.05) is 24.3 Å². The fourth-order valence-corrected chi connectivity index (χ4v) is 4.84. The van der Waals surface area contributed by atoms with Crippen LogP contribution in [0.5, 0.6) is 0 Å². The van der Waals surface area contributed by atoms with Gasteiger partial charge in [-0.2, -0.15) is 0 Å². The molecule has 3 aromatic carbocycles. The van der Waals surface area contributed by atoms with Crippen molar-refractivity contribution < 1.29 is 24.2 Å². The number of rotatable bonds is 8. The van der Waals surface area contributed by atoms with Crippen LogP contribution in [-0.2, 0) is 14.3 Å². The van der Waals surface area contributed by atoms with Crippen LogP contribution in [0.3, 0.4) is 0 Å². The lowest BCUT2D eigenvalue weighted by molar-refractivity contribution is -0.142. The molecular weight excluding hydrogens is 444 g/mol. The first kappa shape index (κ1) is 22.7. The number of carboxylic acids is 1. The van der Waals surface area contributed by atoms with Gasteiger partial charge in [0.15, 0.2) is 6.04 Å². The van der Waals surface area contributed by atoms with Crippen molar-refractivity contribution in [3.8, 4) is 11.1 Å². The lowest BCUT2D eigenvalue weighted by Crippen LogP contribution is -2.35. The van der Waals surface area contributed by atoms with Crippen LogP contribution in [0.1, 0.15) is 35.1 Å². The van der Waals surface area contributed by atoms with E-state index in [2.05, 4.69) is 34.9 Å². The average Bonchev–Trinajstić information content (AvgIpc) is 3.60. The quantitative estimate of drug-likeness (QED) is 0.460. The zero-order chi connectivity index (χ0) is 24.4. The number of alkyl carbamates (subject to hydrolysis) is 1. The fourth-order valence-electron chi connectivity index (χ4n) is 4.84. The molecule has 1 unspecified atom stereocenters. The molecule has 1 saturated carbocycles. The fraction of sp³-hybridized carbons (Fsp3) is 0.250. The summed E-state index contributed by atoms with van der Waals surface area (Å²) in [6.07, 6.45) is 0.0713. The van der Waals surface area contributed by atoms with E-state index in [4.69, 9.17) is 4.74 Å². The molecule has 0 heterocycles. The predicted molar refractivity (Wildman–Crippen MR) is 130 cm³/mol. The second-order valence-corrected chi connectivity index (χ2v) is 9.00. The van der Waals surface area contributed by atoms with Crippen molar-refractivity contribution >= 4 is 18.0 Å². The number of ether oxygens (including phenoxy) is 1. The first-order valence-corrected chi connectivity index (χ1v) is 11.7. The van der Waals surface area contributed by atoms with Gasteiger partial charge in [-0.05, 0) is 40.2 Å². The van der Waals surface area contributed by atoms with Crippen LogP contribution < -0.4 is 10.6 Å². The van der Waals surface area contributed by atoms with E-state index in [1.54, 1.807) is 30.3 Å². The minimum atomic E-state index is -1.11. The van der Waals surface area contributed by atoms with Gasteiger partial charge in [-0.3, -0.25) is 4.79 Å². The lowest BCUT2D eigenvalue weighted by atomic mass is 9.98. The third-order valence-corrected chi connectivity index (χ3v) is 6.78. The number of carboxylic acid groups (broad SMARTS) is 1. The Morgan fingerprint density at radius 2 is 1.49 bits per heavy atom. The topological polar surface area (TPSA) is 105 Å². The smallest absolute Gasteiger partial charge is 0.407 e. The number of carbonyl (C=O) groups is 3. The van der Waals surface area contributed by atoms with Crippen molar-refractivity contribution in [3.05, 3.63) is 95.6 Å². The van der Waals surface area contributed by atoms with Gasteiger partial charge in [-0.25, -0.2) is 9.59 Å². The summed E-state index contributed by atoms with van der Waals surface area (Å²) in [5, 5.41) is 14.9. The molecule has 5 rings (SSSR count). The maximum Gasteiger partial charge on any atom is 0.407 e. The SMILES string of the molecule is O=C(NC[C@H]1C[C@H]1C(=O)NC(C(=O)O)c1ccccc1)OCC1c2ccccc2-c2ccccc21. The summed E-state index contributed by atoms with van der Waals surface area (Å²) >= 11 is 0. The lowest BCUT2D eigenvalue weighted by Gasteiger charge is -2.15. The molecule has 0 spiro atoms. The Balaban J connectivity index is 1.11. The molecule has 35 heavy (non-hydrogen) atoms. The molecule has 1 fully saturated rings. The van der Waals surface area contributed by atoms with Gasteiger partial charge < -0.3 is 20.5 Å². The molecule has 178 valence electrons. The van der Waals surface area contributed by atoms with Crippen molar-refractivity contribution in [2.24, 2.45) is 11.8 Å². The molecule has 2 aliphatic carbocycles. The summed E-state index contributed by atoms with van der Waals surface area (Å²) in [5.41, 5.74) is 5.14. The molecule has 0 bridgehead atoms. The van der Waals surface area contributed by atoms with E-state index < -0.39 is 18.1 Å². The normalized spacial score (nSPS) is 18.6. The predicted octanol–water partition coefficient (Wildman–Crippen LogP) is 4.10. The van der Waals surface area contributed by atoms with Crippen molar-refractivity contribution in [2.45, 2.75) is 18.4 Å². The van der Waals surface area contributed by atoms with E-state index in [1.165, 1.54) is 11.1 Å². The number of benzene rings is 3. The van der Waals surface area contributed by atoms with E-state index in [0.717, 1.165) is 11.1 Å². The molecule has 3 atom stereocenters. The molecule has 0 radical (unpaired) electrons. The van der Waals surface area contributed by atoms with E-state index in [-0.39, 0.29) is 30.3 Å². The molecule has 0 aromatic heterocycles. The molecule has 0 saturated heterocycles. The van der Waals surface area contributed by atoms with Crippen LogP contribution in [0, 0.1) is 11.8 Å². The Kier molecular flexibility index (Phi) is 6.23. The first-order chi connectivity index (χ1) is 17.0.